The molecule has 12 nitrogen and oxygen atoms in total. The standard InChI is InChI=1S/C44H44O12/c45-35-15-7-27(8-16-35)19-39(49)53-23-31-11-12-32(24-54-40(50)20-28-9-17-36(46)18-10-28)42-34(26-56-44(52)30-4-2-6-38(48)22-30)14-13-33(41(31)42)25-55-43(51)29-3-1-5-37(47)21-29/h1-10,15-18,21-22,31-34,45-48H,11-14,19-20,23-26H2. The summed E-state index contributed by atoms with van der Waals surface area (Å²) in [5.74, 6) is -3.30. The fourth-order valence-corrected chi connectivity index (χ4v) is 7.56. The molecule has 0 spiro atoms. The second kappa shape index (κ2) is 18.4. The second-order valence-electron chi connectivity index (χ2n) is 14.2. The zero-order valence-electron chi connectivity index (χ0n) is 30.7. The number of carbonyl (C=O) groups excluding carboxylic acids is 4. The van der Waals surface area contributed by atoms with Crippen molar-refractivity contribution in [1.82, 2.24) is 0 Å². The highest BCUT2D eigenvalue weighted by molar-refractivity contribution is 5.90. The predicted molar refractivity (Wildman–Crippen MR) is 202 cm³/mol. The van der Waals surface area contributed by atoms with Crippen LogP contribution in [0, 0.1) is 23.7 Å². The molecular weight excluding hydrogens is 720 g/mol. The van der Waals surface area contributed by atoms with Crippen LogP contribution in [0.1, 0.15) is 57.5 Å². The highest BCUT2D eigenvalue weighted by Gasteiger charge is 2.42. The lowest BCUT2D eigenvalue weighted by Gasteiger charge is -2.44. The number of benzene rings is 4. The van der Waals surface area contributed by atoms with Crippen molar-refractivity contribution < 1.29 is 58.6 Å². The van der Waals surface area contributed by atoms with Crippen molar-refractivity contribution >= 4 is 23.9 Å². The van der Waals surface area contributed by atoms with Gasteiger partial charge in [0.2, 0.25) is 0 Å². The van der Waals surface area contributed by atoms with Crippen LogP contribution in [0.15, 0.2) is 108 Å². The molecule has 0 heterocycles. The van der Waals surface area contributed by atoms with E-state index in [0.717, 1.165) is 11.1 Å². The van der Waals surface area contributed by atoms with Crippen LogP contribution in [0.3, 0.4) is 0 Å². The molecule has 0 fully saturated rings. The number of phenolic OH excluding ortho intramolecular Hbond substituents is 4. The maximum Gasteiger partial charge on any atom is 0.338 e. The Hall–Kier alpha value is -6.30. The SMILES string of the molecule is O=C(Cc1ccc(O)cc1)OCC1CCC(COC(=O)Cc2ccc(O)cc2)C2=C1C(COC(=O)c1cccc(O)c1)CCC2COC(=O)c1cccc(O)c1. The fraction of sp³-hybridized carbons (Fsp3) is 0.318. The van der Waals surface area contributed by atoms with Crippen LogP contribution in [0.5, 0.6) is 23.0 Å². The molecule has 0 bridgehead atoms. The summed E-state index contributed by atoms with van der Waals surface area (Å²) in [7, 11) is 0. The molecular formula is C44H44O12. The average molecular weight is 765 g/mol. The Labute approximate surface area is 323 Å². The number of phenols is 4. The molecule has 4 atom stereocenters. The highest BCUT2D eigenvalue weighted by Crippen LogP contribution is 2.48. The molecule has 0 amide bonds. The number of aromatic hydroxyl groups is 4. The summed E-state index contributed by atoms with van der Waals surface area (Å²) in [6.07, 6.45) is 2.22. The Kier molecular flexibility index (Phi) is 12.9. The first-order valence-electron chi connectivity index (χ1n) is 18.6. The van der Waals surface area contributed by atoms with E-state index in [4.69, 9.17) is 18.9 Å². The summed E-state index contributed by atoms with van der Waals surface area (Å²) in [6, 6.07) is 24.3. The summed E-state index contributed by atoms with van der Waals surface area (Å²) >= 11 is 0. The van der Waals surface area contributed by atoms with Gasteiger partial charge in [-0.25, -0.2) is 9.59 Å². The highest BCUT2D eigenvalue weighted by atomic mass is 16.5. The van der Waals surface area contributed by atoms with E-state index in [0.29, 0.717) is 36.8 Å². The van der Waals surface area contributed by atoms with Gasteiger partial charge in [-0.05, 0) is 97.5 Å². The van der Waals surface area contributed by atoms with E-state index in [1.54, 1.807) is 48.5 Å². The van der Waals surface area contributed by atoms with Crippen LogP contribution >= 0.6 is 0 Å². The van der Waals surface area contributed by atoms with Gasteiger partial charge >= 0.3 is 23.9 Å². The number of ether oxygens (including phenoxy) is 4. The quantitative estimate of drug-likeness (QED) is 0.0626. The molecule has 4 aromatic carbocycles. The Morgan fingerprint density at radius 2 is 0.786 bits per heavy atom. The molecule has 12 heteroatoms. The van der Waals surface area contributed by atoms with Gasteiger partial charge in [-0.1, -0.05) is 47.5 Å². The zero-order chi connectivity index (χ0) is 39.6. The Balaban J connectivity index is 1.27. The van der Waals surface area contributed by atoms with Gasteiger partial charge in [-0.15, -0.1) is 0 Å². The second-order valence-corrected chi connectivity index (χ2v) is 14.2. The van der Waals surface area contributed by atoms with Gasteiger partial charge in [0.15, 0.2) is 0 Å². The summed E-state index contributed by atoms with van der Waals surface area (Å²) in [4.78, 5) is 52.4. The summed E-state index contributed by atoms with van der Waals surface area (Å²) in [5.41, 5.74) is 3.53. The maximum atomic E-state index is 13.1. The normalized spacial score (nSPS) is 19.0. The minimum atomic E-state index is -0.613. The molecule has 0 aromatic heterocycles. The van der Waals surface area contributed by atoms with Crippen LogP contribution in [0.2, 0.25) is 0 Å². The number of esters is 4. The minimum Gasteiger partial charge on any atom is -0.508 e. The molecule has 4 unspecified atom stereocenters. The Morgan fingerprint density at radius 1 is 0.446 bits per heavy atom. The molecule has 0 saturated heterocycles. The number of hydrogen-bond acceptors (Lipinski definition) is 12. The van der Waals surface area contributed by atoms with Crippen molar-refractivity contribution in [3.05, 3.63) is 130 Å². The third-order valence-corrected chi connectivity index (χ3v) is 10.3. The summed E-state index contributed by atoms with van der Waals surface area (Å²) in [5, 5.41) is 39.1. The molecule has 4 aromatic rings. The van der Waals surface area contributed by atoms with E-state index in [1.165, 1.54) is 48.5 Å². The van der Waals surface area contributed by atoms with Gasteiger partial charge in [0.1, 0.15) is 23.0 Å². The lowest BCUT2D eigenvalue weighted by molar-refractivity contribution is -0.145. The number of rotatable bonds is 14. The lowest BCUT2D eigenvalue weighted by Crippen LogP contribution is -2.39. The van der Waals surface area contributed by atoms with E-state index >= 15 is 0 Å². The van der Waals surface area contributed by atoms with Crippen molar-refractivity contribution in [3.63, 3.8) is 0 Å². The molecule has 0 radical (unpaired) electrons. The number of carbonyl (C=O) groups is 4. The van der Waals surface area contributed by atoms with Gasteiger partial charge < -0.3 is 39.4 Å². The van der Waals surface area contributed by atoms with Crippen molar-refractivity contribution in [2.75, 3.05) is 26.4 Å². The molecule has 292 valence electrons. The van der Waals surface area contributed by atoms with Crippen LogP contribution in [-0.2, 0) is 41.4 Å². The minimum absolute atomic E-state index is 0.00288. The predicted octanol–water partition coefficient (Wildman–Crippen LogP) is 6.44. The molecule has 2 aliphatic rings. The summed E-state index contributed by atoms with van der Waals surface area (Å²) < 4.78 is 23.3. The van der Waals surface area contributed by atoms with Gasteiger partial charge in [0.05, 0.1) is 50.4 Å². The van der Waals surface area contributed by atoms with Crippen molar-refractivity contribution in [1.29, 1.82) is 0 Å². The van der Waals surface area contributed by atoms with Gasteiger partial charge in [-0.3, -0.25) is 9.59 Å². The monoisotopic (exact) mass is 764 g/mol. The third kappa shape index (κ3) is 10.5. The summed E-state index contributed by atoms with van der Waals surface area (Å²) in [6.45, 7) is 0.0642. The Morgan fingerprint density at radius 3 is 1.12 bits per heavy atom. The van der Waals surface area contributed by atoms with E-state index in [1.807, 2.05) is 0 Å². The Bertz CT molecular complexity index is 1910. The first-order valence-corrected chi connectivity index (χ1v) is 18.6. The molecule has 2 aliphatic carbocycles. The first kappa shape index (κ1) is 39.4. The molecule has 0 aliphatic heterocycles. The largest absolute Gasteiger partial charge is 0.508 e. The first-order chi connectivity index (χ1) is 27.0. The third-order valence-electron chi connectivity index (χ3n) is 10.3. The van der Waals surface area contributed by atoms with Gasteiger partial charge in [0, 0.05) is 23.7 Å². The van der Waals surface area contributed by atoms with Crippen molar-refractivity contribution in [2.24, 2.45) is 23.7 Å². The van der Waals surface area contributed by atoms with E-state index < -0.39 is 23.9 Å². The van der Waals surface area contributed by atoms with Crippen LogP contribution < -0.4 is 0 Å². The van der Waals surface area contributed by atoms with Crippen LogP contribution in [-0.4, -0.2) is 70.7 Å². The molecule has 56 heavy (non-hydrogen) atoms. The zero-order valence-corrected chi connectivity index (χ0v) is 30.7. The smallest absolute Gasteiger partial charge is 0.338 e. The van der Waals surface area contributed by atoms with Crippen LogP contribution in [0.25, 0.3) is 0 Å². The van der Waals surface area contributed by atoms with Gasteiger partial charge in [-0.2, -0.15) is 0 Å². The van der Waals surface area contributed by atoms with E-state index in [-0.39, 0.29) is 97.1 Å². The van der Waals surface area contributed by atoms with E-state index in [9.17, 15) is 39.6 Å². The molecule has 6 rings (SSSR count). The lowest BCUT2D eigenvalue weighted by atomic mass is 9.64. The van der Waals surface area contributed by atoms with Crippen molar-refractivity contribution in [3.8, 4) is 23.0 Å². The average Bonchev–Trinajstić information content (AvgIpc) is 3.19. The van der Waals surface area contributed by atoms with E-state index in [2.05, 4.69) is 0 Å². The maximum absolute atomic E-state index is 13.1. The topological polar surface area (TPSA) is 186 Å². The number of hydrogen-bond donors (Lipinski definition) is 4. The molecule has 0 saturated carbocycles. The van der Waals surface area contributed by atoms with Crippen molar-refractivity contribution in [2.45, 2.75) is 38.5 Å². The van der Waals surface area contributed by atoms with Crippen LogP contribution in [0.4, 0.5) is 0 Å². The fourth-order valence-electron chi connectivity index (χ4n) is 7.56. The van der Waals surface area contributed by atoms with Gasteiger partial charge in [0.25, 0.3) is 0 Å². The molecule has 4 N–H and O–H groups in total.